The van der Waals surface area contributed by atoms with Gasteiger partial charge in [-0.25, -0.2) is 0 Å². The summed E-state index contributed by atoms with van der Waals surface area (Å²) in [4.78, 5) is 18.5. The standard InChI is InChI=1S/C19H20N2O/c1-14(2)13-21-18(22)12-20-19(21)17-11-7-6-10-16(17)15-8-4-3-5-9-15/h3-11,14H,12-13H2,1-2H3. The van der Waals surface area contributed by atoms with E-state index in [4.69, 9.17) is 0 Å². The van der Waals surface area contributed by atoms with Crippen molar-refractivity contribution in [1.82, 2.24) is 4.90 Å². The number of hydrogen-bond donors (Lipinski definition) is 0. The Labute approximate surface area is 131 Å². The fourth-order valence-electron chi connectivity index (χ4n) is 2.76. The molecule has 112 valence electrons. The molecule has 0 unspecified atom stereocenters. The first-order valence-corrected chi connectivity index (χ1v) is 7.66. The highest BCUT2D eigenvalue weighted by Gasteiger charge is 2.28. The van der Waals surface area contributed by atoms with Crippen LogP contribution in [0.25, 0.3) is 11.1 Å². The molecule has 1 amide bonds. The lowest BCUT2D eigenvalue weighted by molar-refractivity contribution is -0.125. The number of carbonyl (C=O) groups excluding carboxylic acids is 1. The molecule has 0 bridgehead atoms. The van der Waals surface area contributed by atoms with Gasteiger partial charge in [-0.3, -0.25) is 14.7 Å². The Hall–Kier alpha value is -2.42. The van der Waals surface area contributed by atoms with Crippen LogP contribution in [0.2, 0.25) is 0 Å². The fraction of sp³-hybridized carbons (Fsp3) is 0.263. The summed E-state index contributed by atoms with van der Waals surface area (Å²) in [7, 11) is 0. The first-order chi connectivity index (χ1) is 10.7. The van der Waals surface area contributed by atoms with Crippen molar-refractivity contribution in [2.24, 2.45) is 10.9 Å². The van der Waals surface area contributed by atoms with E-state index in [9.17, 15) is 4.79 Å². The van der Waals surface area contributed by atoms with Crippen molar-refractivity contribution in [2.75, 3.05) is 13.1 Å². The highest BCUT2D eigenvalue weighted by atomic mass is 16.2. The summed E-state index contributed by atoms with van der Waals surface area (Å²) in [6, 6.07) is 18.4. The zero-order chi connectivity index (χ0) is 15.5. The first-order valence-electron chi connectivity index (χ1n) is 7.66. The monoisotopic (exact) mass is 292 g/mol. The van der Waals surface area contributed by atoms with Crippen LogP contribution in [-0.4, -0.2) is 29.7 Å². The number of nitrogens with zero attached hydrogens (tertiary/aromatic N) is 2. The largest absolute Gasteiger partial charge is 0.295 e. The number of aliphatic imine (C=N–C) groups is 1. The van der Waals surface area contributed by atoms with Gasteiger partial charge < -0.3 is 0 Å². The maximum atomic E-state index is 12.2. The Balaban J connectivity index is 2.04. The molecule has 0 aliphatic carbocycles. The Kier molecular flexibility index (Phi) is 4.05. The molecule has 0 aromatic heterocycles. The lowest BCUT2D eigenvalue weighted by Crippen LogP contribution is -2.36. The molecule has 2 aromatic carbocycles. The lowest BCUT2D eigenvalue weighted by atomic mass is 9.98. The van der Waals surface area contributed by atoms with Gasteiger partial charge in [0, 0.05) is 12.1 Å². The van der Waals surface area contributed by atoms with Crippen LogP contribution >= 0.6 is 0 Å². The van der Waals surface area contributed by atoms with Crippen LogP contribution in [0.5, 0.6) is 0 Å². The van der Waals surface area contributed by atoms with Crippen LogP contribution in [0.1, 0.15) is 19.4 Å². The van der Waals surface area contributed by atoms with Gasteiger partial charge >= 0.3 is 0 Å². The van der Waals surface area contributed by atoms with Gasteiger partial charge in [0.2, 0.25) is 5.91 Å². The summed E-state index contributed by atoms with van der Waals surface area (Å²) in [5.41, 5.74) is 3.29. The number of amides is 1. The van der Waals surface area contributed by atoms with E-state index in [0.29, 0.717) is 12.5 Å². The van der Waals surface area contributed by atoms with E-state index >= 15 is 0 Å². The Morgan fingerprint density at radius 1 is 1.00 bits per heavy atom. The normalized spacial score (nSPS) is 14.6. The number of hydrogen-bond acceptors (Lipinski definition) is 2. The summed E-state index contributed by atoms with van der Waals surface area (Å²) in [6.07, 6.45) is 0. The molecule has 0 N–H and O–H groups in total. The van der Waals surface area contributed by atoms with Crippen molar-refractivity contribution >= 4 is 11.7 Å². The van der Waals surface area contributed by atoms with E-state index < -0.39 is 0 Å². The van der Waals surface area contributed by atoms with Gasteiger partial charge in [-0.05, 0) is 17.0 Å². The van der Waals surface area contributed by atoms with Crippen molar-refractivity contribution in [2.45, 2.75) is 13.8 Å². The summed E-state index contributed by atoms with van der Waals surface area (Å²) in [6.45, 7) is 5.20. The average Bonchev–Trinajstić information content (AvgIpc) is 2.89. The molecule has 22 heavy (non-hydrogen) atoms. The fourth-order valence-corrected chi connectivity index (χ4v) is 2.76. The van der Waals surface area contributed by atoms with Crippen LogP contribution in [0.3, 0.4) is 0 Å². The number of rotatable bonds is 4. The van der Waals surface area contributed by atoms with E-state index in [0.717, 1.165) is 22.5 Å². The van der Waals surface area contributed by atoms with Crippen molar-refractivity contribution in [3.8, 4) is 11.1 Å². The summed E-state index contributed by atoms with van der Waals surface area (Å²) in [5.74, 6) is 1.31. The minimum absolute atomic E-state index is 0.0894. The average molecular weight is 292 g/mol. The molecule has 0 atom stereocenters. The maximum Gasteiger partial charge on any atom is 0.249 e. The van der Waals surface area contributed by atoms with Crippen molar-refractivity contribution < 1.29 is 4.79 Å². The third-order valence-corrected chi connectivity index (χ3v) is 3.72. The predicted molar refractivity (Wildman–Crippen MR) is 89.8 cm³/mol. The first kappa shape index (κ1) is 14.5. The van der Waals surface area contributed by atoms with Gasteiger partial charge in [0.05, 0.1) is 0 Å². The third kappa shape index (κ3) is 2.80. The van der Waals surface area contributed by atoms with E-state index in [1.165, 1.54) is 0 Å². The molecule has 0 radical (unpaired) electrons. The molecule has 3 heteroatoms. The molecule has 3 rings (SSSR count). The molecule has 1 aliphatic rings. The molecule has 0 fully saturated rings. The lowest BCUT2D eigenvalue weighted by Gasteiger charge is -2.22. The summed E-state index contributed by atoms with van der Waals surface area (Å²) < 4.78 is 0. The summed E-state index contributed by atoms with van der Waals surface area (Å²) in [5, 5.41) is 0. The summed E-state index contributed by atoms with van der Waals surface area (Å²) >= 11 is 0. The van der Waals surface area contributed by atoms with Gasteiger partial charge in [0.25, 0.3) is 0 Å². The van der Waals surface area contributed by atoms with Crippen LogP contribution in [-0.2, 0) is 4.79 Å². The molecule has 1 aliphatic heterocycles. The van der Waals surface area contributed by atoms with E-state index in [2.05, 4.69) is 37.0 Å². The molecule has 2 aromatic rings. The second-order valence-corrected chi connectivity index (χ2v) is 5.95. The zero-order valence-corrected chi connectivity index (χ0v) is 13.0. The number of carbonyl (C=O) groups is 1. The van der Waals surface area contributed by atoms with Crippen LogP contribution in [0.15, 0.2) is 59.6 Å². The van der Waals surface area contributed by atoms with E-state index in [1.54, 1.807) is 0 Å². The minimum Gasteiger partial charge on any atom is -0.295 e. The van der Waals surface area contributed by atoms with Crippen molar-refractivity contribution in [1.29, 1.82) is 0 Å². The van der Waals surface area contributed by atoms with E-state index in [1.807, 2.05) is 41.3 Å². The van der Waals surface area contributed by atoms with Gasteiger partial charge in [-0.15, -0.1) is 0 Å². The van der Waals surface area contributed by atoms with Crippen molar-refractivity contribution in [3.05, 3.63) is 60.2 Å². The Morgan fingerprint density at radius 2 is 1.64 bits per heavy atom. The predicted octanol–water partition coefficient (Wildman–Crippen LogP) is 3.60. The van der Waals surface area contributed by atoms with Gasteiger partial charge in [0.1, 0.15) is 12.4 Å². The van der Waals surface area contributed by atoms with Gasteiger partial charge in [0.15, 0.2) is 0 Å². The van der Waals surface area contributed by atoms with Crippen LogP contribution in [0, 0.1) is 5.92 Å². The third-order valence-electron chi connectivity index (χ3n) is 3.72. The Morgan fingerprint density at radius 3 is 2.32 bits per heavy atom. The molecule has 3 nitrogen and oxygen atoms in total. The molecular weight excluding hydrogens is 272 g/mol. The molecule has 0 saturated carbocycles. The molecule has 1 heterocycles. The number of amidine groups is 1. The SMILES string of the molecule is CC(C)CN1C(=O)CN=C1c1ccccc1-c1ccccc1. The molecule has 0 spiro atoms. The van der Waals surface area contributed by atoms with Crippen LogP contribution in [0.4, 0.5) is 0 Å². The second-order valence-electron chi connectivity index (χ2n) is 5.95. The van der Waals surface area contributed by atoms with Gasteiger partial charge in [-0.2, -0.15) is 0 Å². The molecule has 0 saturated heterocycles. The molecular formula is C19H20N2O. The quantitative estimate of drug-likeness (QED) is 0.847. The number of benzene rings is 2. The Bertz CT molecular complexity index is 704. The zero-order valence-electron chi connectivity index (χ0n) is 13.0. The van der Waals surface area contributed by atoms with Gasteiger partial charge in [-0.1, -0.05) is 68.4 Å². The topological polar surface area (TPSA) is 32.7 Å². The highest BCUT2D eigenvalue weighted by molar-refractivity contribution is 6.15. The van der Waals surface area contributed by atoms with Crippen molar-refractivity contribution in [3.63, 3.8) is 0 Å². The maximum absolute atomic E-state index is 12.2. The van der Waals surface area contributed by atoms with Crippen LogP contribution < -0.4 is 0 Å². The van der Waals surface area contributed by atoms with E-state index in [-0.39, 0.29) is 12.5 Å². The highest BCUT2D eigenvalue weighted by Crippen LogP contribution is 2.26. The smallest absolute Gasteiger partial charge is 0.249 e. The minimum atomic E-state index is 0.0894. The second kappa shape index (κ2) is 6.14.